The van der Waals surface area contributed by atoms with Crippen LogP contribution < -0.4 is 0 Å². The van der Waals surface area contributed by atoms with Crippen molar-refractivity contribution in [1.29, 1.82) is 5.26 Å². The van der Waals surface area contributed by atoms with Gasteiger partial charge in [-0.1, -0.05) is 13.3 Å². The minimum Gasteiger partial charge on any atom is -0.298 e. The number of hydrogen-bond donors (Lipinski definition) is 0. The highest BCUT2D eigenvalue weighted by molar-refractivity contribution is 5.86. The molecule has 0 amide bonds. The molecular weight excluding hydrogens is 222 g/mol. The zero-order chi connectivity index (χ0) is 12.7. The van der Waals surface area contributed by atoms with Gasteiger partial charge in [0, 0.05) is 5.92 Å². The summed E-state index contributed by atoms with van der Waals surface area (Å²) in [7, 11) is 0. The molecule has 0 spiro atoms. The number of Topliss-reactive ketones (excluding diaryl/α,β-unsaturated/α-hetero) is 1. The molecule has 0 radical (unpaired) electrons. The Labute approximate surface area is 110 Å². The minimum atomic E-state index is -0.322. The Balaban J connectivity index is 1.76. The fraction of sp³-hybridized carbons (Fsp3) is 0.875. The molecule has 18 heavy (non-hydrogen) atoms. The van der Waals surface area contributed by atoms with Crippen LogP contribution in [0.1, 0.15) is 51.9 Å². The molecule has 2 nitrogen and oxygen atoms in total. The molecule has 4 aliphatic rings. The van der Waals surface area contributed by atoms with E-state index in [0.717, 1.165) is 24.7 Å². The van der Waals surface area contributed by atoms with Gasteiger partial charge < -0.3 is 0 Å². The number of hydrogen-bond acceptors (Lipinski definition) is 2. The van der Waals surface area contributed by atoms with E-state index in [0.29, 0.717) is 17.6 Å². The lowest BCUT2D eigenvalue weighted by molar-refractivity contribution is -0.138. The number of nitrogens with zero attached hydrogens (tertiary/aromatic N) is 1. The summed E-state index contributed by atoms with van der Waals surface area (Å²) in [5, 5.41) is 9.21. The van der Waals surface area contributed by atoms with E-state index in [9.17, 15) is 10.1 Å². The molecule has 0 aromatic heterocycles. The maximum Gasteiger partial charge on any atom is 0.153 e. The highest BCUT2D eigenvalue weighted by Gasteiger charge is 2.51. The van der Waals surface area contributed by atoms with Crippen molar-refractivity contribution in [2.24, 2.45) is 35.5 Å². The molecule has 0 aromatic rings. The van der Waals surface area contributed by atoms with Crippen LogP contribution in [0, 0.1) is 46.8 Å². The van der Waals surface area contributed by atoms with Crippen molar-refractivity contribution >= 4 is 5.78 Å². The summed E-state index contributed by atoms with van der Waals surface area (Å²) in [6.07, 6.45) is 8.21. The summed E-state index contributed by atoms with van der Waals surface area (Å²) in [5.41, 5.74) is 0. The topological polar surface area (TPSA) is 40.9 Å². The lowest BCUT2D eigenvalue weighted by atomic mass is 9.50. The fourth-order valence-corrected chi connectivity index (χ4v) is 5.18. The van der Waals surface area contributed by atoms with Crippen LogP contribution in [0.3, 0.4) is 0 Å². The summed E-state index contributed by atoms with van der Waals surface area (Å²) < 4.78 is 0. The van der Waals surface area contributed by atoms with E-state index in [1.54, 1.807) is 0 Å². The van der Waals surface area contributed by atoms with Crippen molar-refractivity contribution in [3.63, 3.8) is 0 Å². The standard InChI is InChI=1S/C16H23NO/c1-2-3-12(9-17)16(18)15-13-5-10-4-11(7-13)8-14(15)6-10/h10-15H,2-8H2,1H3. The van der Waals surface area contributed by atoms with Crippen LogP contribution in [0.2, 0.25) is 0 Å². The van der Waals surface area contributed by atoms with Gasteiger partial charge in [-0.25, -0.2) is 0 Å². The predicted octanol–water partition coefficient (Wildman–Crippen LogP) is 3.57. The number of carbonyl (C=O) groups excluding carboxylic acids is 1. The Kier molecular flexibility index (Phi) is 3.18. The van der Waals surface area contributed by atoms with Crippen molar-refractivity contribution in [1.82, 2.24) is 0 Å². The molecule has 98 valence electrons. The molecule has 1 atom stereocenters. The van der Waals surface area contributed by atoms with Crippen LogP contribution in [-0.2, 0) is 4.79 Å². The van der Waals surface area contributed by atoms with Crippen molar-refractivity contribution < 1.29 is 4.79 Å². The van der Waals surface area contributed by atoms with Crippen LogP contribution in [-0.4, -0.2) is 5.78 Å². The SMILES string of the molecule is CCCC(C#N)C(=O)C1C2CC3CC(C2)CC1C3. The third-order valence-corrected chi connectivity index (χ3v) is 5.63. The summed E-state index contributed by atoms with van der Waals surface area (Å²) in [4.78, 5) is 12.6. The van der Waals surface area contributed by atoms with E-state index in [-0.39, 0.29) is 11.8 Å². The van der Waals surface area contributed by atoms with E-state index in [4.69, 9.17) is 0 Å². The smallest absolute Gasteiger partial charge is 0.153 e. The molecule has 4 rings (SSSR count). The van der Waals surface area contributed by atoms with Gasteiger partial charge in [0.15, 0.2) is 5.78 Å². The first-order chi connectivity index (χ1) is 8.72. The van der Waals surface area contributed by atoms with Gasteiger partial charge in [-0.05, 0) is 62.2 Å². The van der Waals surface area contributed by atoms with Crippen molar-refractivity contribution in [2.75, 3.05) is 0 Å². The first-order valence-electron chi connectivity index (χ1n) is 7.66. The number of ketones is 1. The van der Waals surface area contributed by atoms with Crippen LogP contribution in [0.4, 0.5) is 0 Å². The predicted molar refractivity (Wildman–Crippen MR) is 69.6 cm³/mol. The average molecular weight is 245 g/mol. The second-order valence-corrected chi connectivity index (χ2v) is 6.83. The van der Waals surface area contributed by atoms with Crippen molar-refractivity contribution in [3.05, 3.63) is 0 Å². The molecule has 0 N–H and O–H groups in total. The van der Waals surface area contributed by atoms with E-state index in [1.165, 1.54) is 32.1 Å². The number of rotatable bonds is 4. The zero-order valence-electron chi connectivity index (χ0n) is 11.3. The molecule has 1 unspecified atom stereocenters. The number of nitriles is 1. The Morgan fingerprint density at radius 2 is 1.72 bits per heavy atom. The molecule has 0 heterocycles. The summed E-state index contributed by atoms with van der Waals surface area (Å²) in [5.74, 6) is 3.29. The molecular formula is C16H23NO. The van der Waals surface area contributed by atoms with Gasteiger partial charge in [0.2, 0.25) is 0 Å². The first kappa shape index (κ1) is 12.2. The van der Waals surface area contributed by atoms with Crippen LogP contribution in [0.25, 0.3) is 0 Å². The fourth-order valence-electron chi connectivity index (χ4n) is 5.18. The summed E-state index contributed by atoms with van der Waals surface area (Å²) >= 11 is 0. The molecule has 0 aliphatic heterocycles. The third kappa shape index (κ3) is 1.88. The lowest BCUT2D eigenvalue weighted by Crippen LogP contribution is -2.49. The second kappa shape index (κ2) is 4.68. The van der Waals surface area contributed by atoms with Gasteiger partial charge in [0.25, 0.3) is 0 Å². The lowest BCUT2D eigenvalue weighted by Gasteiger charge is -2.54. The second-order valence-electron chi connectivity index (χ2n) is 6.83. The third-order valence-electron chi connectivity index (χ3n) is 5.63. The van der Waals surface area contributed by atoms with Crippen molar-refractivity contribution in [3.8, 4) is 6.07 Å². The molecule has 4 saturated carbocycles. The molecule has 0 aromatic carbocycles. The van der Waals surface area contributed by atoms with Gasteiger partial charge in [-0.2, -0.15) is 5.26 Å². The molecule has 2 heteroatoms. The maximum absolute atomic E-state index is 12.6. The average Bonchev–Trinajstić information content (AvgIpc) is 2.34. The van der Waals surface area contributed by atoms with Gasteiger partial charge in [0.05, 0.1) is 6.07 Å². The highest BCUT2D eigenvalue weighted by Crippen LogP contribution is 2.57. The largest absolute Gasteiger partial charge is 0.298 e. The summed E-state index contributed by atoms with van der Waals surface area (Å²) in [6.45, 7) is 2.06. The highest BCUT2D eigenvalue weighted by atomic mass is 16.1. The zero-order valence-corrected chi connectivity index (χ0v) is 11.3. The molecule has 4 bridgehead atoms. The normalized spacial score (nSPS) is 42.6. The van der Waals surface area contributed by atoms with Gasteiger partial charge >= 0.3 is 0 Å². The quantitative estimate of drug-likeness (QED) is 0.759. The van der Waals surface area contributed by atoms with Crippen LogP contribution in [0.5, 0.6) is 0 Å². The van der Waals surface area contributed by atoms with Crippen molar-refractivity contribution in [2.45, 2.75) is 51.9 Å². The van der Waals surface area contributed by atoms with Crippen LogP contribution >= 0.6 is 0 Å². The summed E-state index contributed by atoms with van der Waals surface area (Å²) in [6, 6.07) is 2.26. The van der Waals surface area contributed by atoms with E-state index in [2.05, 4.69) is 13.0 Å². The Hall–Kier alpha value is -0.840. The Morgan fingerprint density at radius 1 is 1.17 bits per heavy atom. The molecule has 0 saturated heterocycles. The Bertz CT molecular complexity index is 353. The molecule has 4 fully saturated rings. The van der Waals surface area contributed by atoms with E-state index >= 15 is 0 Å². The van der Waals surface area contributed by atoms with E-state index < -0.39 is 0 Å². The Morgan fingerprint density at radius 3 is 2.17 bits per heavy atom. The minimum absolute atomic E-state index is 0.244. The van der Waals surface area contributed by atoms with Gasteiger partial charge in [0.1, 0.15) is 5.92 Å². The van der Waals surface area contributed by atoms with Crippen LogP contribution in [0.15, 0.2) is 0 Å². The molecule has 4 aliphatic carbocycles. The van der Waals surface area contributed by atoms with Gasteiger partial charge in [-0.15, -0.1) is 0 Å². The first-order valence-corrected chi connectivity index (χ1v) is 7.66. The van der Waals surface area contributed by atoms with Gasteiger partial charge in [-0.3, -0.25) is 4.79 Å². The van der Waals surface area contributed by atoms with E-state index in [1.807, 2.05) is 0 Å². The number of carbonyl (C=O) groups is 1. The monoisotopic (exact) mass is 245 g/mol. The maximum atomic E-state index is 12.6.